The van der Waals surface area contributed by atoms with Crippen LogP contribution in [0.2, 0.25) is 0 Å². The van der Waals surface area contributed by atoms with Gasteiger partial charge in [-0.2, -0.15) is 13.2 Å². The highest BCUT2D eigenvalue weighted by Gasteiger charge is 2.30. The van der Waals surface area contributed by atoms with E-state index < -0.39 is 41.1 Å². The van der Waals surface area contributed by atoms with Gasteiger partial charge < -0.3 is 10.6 Å². The van der Waals surface area contributed by atoms with E-state index in [1.165, 1.54) is 19.1 Å². The zero-order chi connectivity index (χ0) is 21.1. The second-order valence-electron chi connectivity index (χ2n) is 6.28. The summed E-state index contributed by atoms with van der Waals surface area (Å²) in [6, 6.07) is 5.84. The van der Waals surface area contributed by atoms with Crippen molar-refractivity contribution in [3.8, 4) is 0 Å². The van der Waals surface area contributed by atoms with Gasteiger partial charge in [-0.05, 0) is 30.2 Å². The molecule has 2 aromatic carbocycles. The molecule has 0 radical (unpaired) electrons. The Morgan fingerprint density at radius 2 is 1.50 bits per heavy atom. The first kappa shape index (κ1) is 21.3. The van der Waals surface area contributed by atoms with E-state index in [0.717, 1.165) is 25.1 Å². The van der Waals surface area contributed by atoms with E-state index in [1.807, 2.05) is 0 Å². The minimum Gasteiger partial charge on any atom is -0.324 e. The van der Waals surface area contributed by atoms with Crippen molar-refractivity contribution in [1.82, 2.24) is 0 Å². The molecule has 0 aromatic heterocycles. The van der Waals surface area contributed by atoms with Crippen molar-refractivity contribution in [2.45, 2.75) is 26.4 Å². The van der Waals surface area contributed by atoms with Crippen LogP contribution in [0.5, 0.6) is 0 Å². The number of amides is 2. The van der Waals surface area contributed by atoms with Gasteiger partial charge >= 0.3 is 6.18 Å². The Morgan fingerprint density at radius 3 is 2.00 bits per heavy atom. The molecule has 0 saturated heterocycles. The third-order valence-corrected chi connectivity index (χ3v) is 3.90. The van der Waals surface area contributed by atoms with Crippen molar-refractivity contribution in [3.05, 3.63) is 59.2 Å². The topological polar surface area (TPSA) is 58.2 Å². The van der Waals surface area contributed by atoms with Crippen molar-refractivity contribution in [2.75, 3.05) is 10.6 Å². The minimum absolute atomic E-state index is 0.116. The molecule has 0 aliphatic heterocycles. The molecule has 0 heterocycles. The third-order valence-electron chi connectivity index (χ3n) is 3.90. The van der Waals surface area contributed by atoms with Crippen LogP contribution in [0.3, 0.4) is 0 Å². The molecule has 0 bridgehead atoms. The van der Waals surface area contributed by atoms with Crippen LogP contribution in [0.15, 0.2) is 36.4 Å². The molecular weight excluding hydrogens is 383 g/mol. The van der Waals surface area contributed by atoms with Crippen LogP contribution in [0.25, 0.3) is 0 Å². The van der Waals surface area contributed by atoms with Crippen LogP contribution in [-0.2, 0) is 22.2 Å². The van der Waals surface area contributed by atoms with Crippen molar-refractivity contribution in [1.29, 1.82) is 0 Å². The smallest absolute Gasteiger partial charge is 0.324 e. The first-order valence-corrected chi connectivity index (χ1v) is 8.21. The Balaban J connectivity index is 2.09. The van der Waals surface area contributed by atoms with Crippen LogP contribution in [0, 0.1) is 17.6 Å². The Labute approximate surface area is 157 Å². The van der Waals surface area contributed by atoms with Crippen LogP contribution < -0.4 is 10.6 Å². The summed E-state index contributed by atoms with van der Waals surface area (Å²) in [5.41, 5.74) is -0.921. The fourth-order valence-electron chi connectivity index (χ4n) is 2.46. The predicted molar refractivity (Wildman–Crippen MR) is 93.6 cm³/mol. The average Bonchev–Trinajstić information content (AvgIpc) is 2.58. The monoisotopic (exact) mass is 400 g/mol. The summed E-state index contributed by atoms with van der Waals surface area (Å²) in [4.78, 5) is 23.3. The van der Waals surface area contributed by atoms with E-state index in [9.17, 15) is 31.5 Å². The largest absolute Gasteiger partial charge is 0.416 e. The molecular formula is C19H17F5N2O2. The molecule has 0 aliphatic rings. The normalized spacial score (nSPS) is 12.4. The predicted octanol–water partition coefficient (Wildman–Crippen LogP) is 4.76. The lowest BCUT2D eigenvalue weighted by molar-refractivity contribution is -0.137. The molecule has 2 amide bonds. The van der Waals surface area contributed by atoms with Gasteiger partial charge in [-0.15, -0.1) is 0 Å². The Morgan fingerprint density at radius 1 is 0.964 bits per heavy atom. The maximum absolute atomic E-state index is 13.9. The SMILES string of the molecule is CC(=O)Nc1cc(NC(=O)C(C)Cc2ccc(C(F)(F)F)cc2)c(F)cc1F. The van der Waals surface area contributed by atoms with Crippen LogP contribution in [0.1, 0.15) is 25.0 Å². The van der Waals surface area contributed by atoms with Crippen molar-refractivity contribution < 1.29 is 31.5 Å². The maximum Gasteiger partial charge on any atom is 0.416 e. The number of benzene rings is 2. The molecule has 28 heavy (non-hydrogen) atoms. The van der Waals surface area contributed by atoms with Gasteiger partial charge in [-0.1, -0.05) is 19.1 Å². The highest BCUT2D eigenvalue weighted by Crippen LogP contribution is 2.29. The lowest BCUT2D eigenvalue weighted by atomic mass is 9.99. The second kappa shape index (κ2) is 8.37. The van der Waals surface area contributed by atoms with Gasteiger partial charge in [0.25, 0.3) is 0 Å². The number of hydrogen-bond acceptors (Lipinski definition) is 2. The number of alkyl halides is 3. The summed E-state index contributed by atoms with van der Waals surface area (Å²) in [5, 5.41) is 4.47. The molecule has 0 aliphatic carbocycles. The van der Waals surface area contributed by atoms with Gasteiger partial charge in [0.2, 0.25) is 11.8 Å². The average molecular weight is 400 g/mol. The number of halogens is 5. The van der Waals surface area contributed by atoms with E-state index in [-0.39, 0.29) is 17.8 Å². The highest BCUT2D eigenvalue weighted by atomic mass is 19.4. The Bertz CT molecular complexity index is 879. The summed E-state index contributed by atoms with van der Waals surface area (Å²) in [6.45, 7) is 2.66. The number of rotatable bonds is 5. The Hall–Kier alpha value is -2.97. The molecule has 1 atom stereocenters. The van der Waals surface area contributed by atoms with E-state index in [2.05, 4.69) is 10.6 Å². The zero-order valence-corrected chi connectivity index (χ0v) is 15.0. The molecule has 9 heteroatoms. The molecule has 0 spiro atoms. The maximum atomic E-state index is 13.9. The number of carbonyl (C=O) groups is 2. The number of nitrogens with one attached hydrogen (secondary N) is 2. The molecule has 4 nitrogen and oxygen atoms in total. The first-order chi connectivity index (χ1) is 13.0. The van der Waals surface area contributed by atoms with Gasteiger partial charge in [0.15, 0.2) is 0 Å². The van der Waals surface area contributed by atoms with E-state index in [4.69, 9.17) is 0 Å². The van der Waals surface area contributed by atoms with E-state index >= 15 is 0 Å². The van der Waals surface area contributed by atoms with Crippen molar-refractivity contribution in [3.63, 3.8) is 0 Å². The standard InChI is InChI=1S/C19H17F5N2O2/c1-10(7-12-3-5-13(6-4-12)19(22,23)24)18(28)26-17-9-16(25-11(2)27)14(20)8-15(17)21/h3-6,8-10H,7H2,1-2H3,(H,25,27)(H,26,28). The van der Waals surface area contributed by atoms with Crippen molar-refractivity contribution >= 4 is 23.2 Å². The fraction of sp³-hybridized carbons (Fsp3) is 0.263. The molecule has 2 N–H and O–H groups in total. The molecule has 1 unspecified atom stereocenters. The highest BCUT2D eigenvalue weighted by molar-refractivity contribution is 5.94. The zero-order valence-electron chi connectivity index (χ0n) is 15.0. The van der Waals surface area contributed by atoms with Crippen molar-refractivity contribution in [2.24, 2.45) is 5.92 Å². The van der Waals surface area contributed by atoms with Crippen LogP contribution in [0.4, 0.5) is 33.3 Å². The fourth-order valence-corrected chi connectivity index (χ4v) is 2.46. The minimum atomic E-state index is -4.45. The number of anilines is 2. The van der Waals surface area contributed by atoms with Gasteiger partial charge in [0.05, 0.1) is 16.9 Å². The van der Waals surface area contributed by atoms with Gasteiger partial charge in [0.1, 0.15) is 11.6 Å². The summed E-state index contributed by atoms with van der Waals surface area (Å²) < 4.78 is 65.3. The molecule has 150 valence electrons. The molecule has 0 saturated carbocycles. The van der Waals surface area contributed by atoms with Gasteiger partial charge in [-0.3, -0.25) is 9.59 Å². The lowest BCUT2D eigenvalue weighted by Gasteiger charge is -2.15. The lowest BCUT2D eigenvalue weighted by Crippen LogP contribution is -2.23. The third kappa shape index (κ3) is 5.51. The molecule has 2 aromatic rings. The van der Waals surface area contributed by atoms with E-state index in [1.54, 1.807) is 0 Å². The van der Waals surface area contributed by atoms with E-state index in [0.29, 0.717) is 11.6 Å². The van der Waals surface area contributed by atoms with Gasteiger partial charge in [-0.25, -0.2) is 8.78 Å². The summed E-state index contributed by atoms with van der Waals surface area (Å²) >= 11 is 0. The first-order valence-electron chi connectivity index (χ1n) is 8.21. The molecule has 2 rings (SSSR count). The van der Waals surface area contributed by atoms with Crippen LogP contribution >= 0.6 is 0 Å². The number of hydrogen-bond donors (Lipinski definition) is 2. The van der Waals surface area contributed by atoms with Crippen LogP contribution in [-0.4, -0.2) is 11.8 Å². The molecule has 0 fully saturated rings. The summed E-state index contributed by atoms with van der Waals surface area (Å²) in [5.74, 6) is -3.91. The number of carbonyl (C=O) groups excluding carboxylic acids is 2. The summed E-state index contributed by atoms with van der Waals surface area (Å²) in [6.07, 6.45) is -4.33. The summed E-state index contributed by atoms with van der Waals surface area (Å²) in [7, 11) is 0. The Kier molecular flexibility index (Phi) is 6.37. The second-order valence-corrected chi connectivity index (χ2v) is 6.28. The van der Waals surface area contributed by atoms with Gasteiger partial charge in [0, 0.05) is 18.9 Å². The quantitative estimate of drug-likeness (QED) is 0.711.